The molecule has 1 aliphatic heterocycles. The maximum Gasteiger partial charge on any atom is 0.433 e. The highest BCUT2D eigenvalue weighted by Crippen LogP contribution is 2.31. The lowest BCUT2D eigenvalue weighted by molar-refractivity contribution is -0.141. The van der Waals surface area contributed by atoms with Crippen molar-refractivity contribution in [2.24, 2.45) is 0 Å². The van der Waals surface area contributed by atoms with Crippen LogP contribution in [-0.4, -0.2) is 32.3 Å². The number of hydrogen-bond donors (Lipinski definition) is 0. The van der Waals surface area contributed by atoms with E-state index in [1.807, 2.05) is 20.8 Å². The molecule has 1 saturated heterocycles. The number of alkyl halides is 3. The van der Waals surface area contributed by atoms with Crippen LogP contribution in [0.1, 0.15) is 45.0 Å². The van der Waals surface area contributed by atoms with Gasteiger partial charge >= 0.3 is 6.18 Å². The first-order valence-electron chi connectivity index (χ1n) is 8.80. The van der Waals surface area contributed by atoms with Crippen molar-refractivity contribution in [3.63, 3.8) is 0 Å². The normalized spacial score (nSPS) is 18.1. The maximum absolute atomic E-state index is 12.9. The van der Waals surface area contributed by atoms with Crippen LogP contribution in [0, 0.1) is 0 Å². The van der Waals surface area contributed by atoms with Crippen LogP contribution in [-0.2, 0) is 18.1 Å². The second-order valence-electron chi connectivity index (χ2n) is 7.74. The third-order valence-corrected chi connectivity index (χ3v) is 4.63. The van der Waals surface area contributed by atoms with E-state index in [0.717, 1.165) is 30.9 Å². The first-order valence-corrected chi connectivity index (χ1v) is 8.80. The van der Waals surface area contributed by atoms with Gasteiger partial charge in [-0.3, -0.25) is 4.79 Å². The van der Waals surface area contributed by atoms with E-state index in [9.17, 15) is 18.0 Å². The SMILES string of the molecule is CC(C)(C)c1ccc(=O)n(CC2CCCN2c2cc(C(F)(F)F)ncn2)n1. The van der Waals surface area contributed by atoms with Crippen molar-refractivity contribution in [1.29, 1.82) is 0 Å². The Labute approximate surface area is 155 Å². The number of hydrogen-bond acceptors (Lipinski definition) is 5. The van der Waals surface area contributed by atoms with Gasteiger partial charge in [-0.05, 0) is 18.9 Å². The molecular formula is C18H22F3N5O. The molecule has 2 aromatic rings. The Hall–Kier alpha value is -2.45. The zero-order valence-electron chi connectivity index (χ0n) is 15.5. The molecule has 1 aliphatic rings. The lowest BCUT2D eigenvalue weighted by Gasteiger charge is -2.27. The van der Waals surface area contributed by atoms with Crippen LogP contribution < -0.4 is 10.5 Å². The summed E-state index contributed by atoms with van der Waals surface area (Å²) in [4.78, 5) is 21.3. The minimum absolute atomic E-state index is 0.151. The van der Waals surface area contributed by atoms with E-state index in [-0.39, 0.29) is 22.8 Å². The Balaban J connectivity index is 1.87. The van der Waals surface area contributed by atoms with Crippen LogP contribution in [0.15, 0.2) is 29.3 Å². The topological polar surface area (TPSA) is 63.9 Å². The summed E-state index contributed by atoms with van der Waals surface area (Å²) in [6.07, 6.45) is -2.03. The van der Waals surface area contributed by atoms with Crippen LogP contribution in [0.25, 0.3) is 0 Å². The van der Waals surface area contributed by atoms with Crippen molar-refractivity contribution >= 4 is 5.82 Å². The number of halogens is 3. The molecule has 0 N–H and O–H groups in total. The van der Waals surface area contributed by atoms with Gasteiger partial charge in [-0.2, -0.15) is 18.3 Å². The number of rotatable bonds is 3. The Morgan fingerprint density at radius 3 is 2.56 bits per heavy atom. The lowest BCUT2D eigenvalue weighted by Crippen LogP contribution is -2.38. The monoisotopic (exact) mass is 381 g/mol. The molecule has 0 aromatic carbocycles. The summed E-state index contributed by atoms with van der Waals surface area (Å²) in [7, 11) is 0. The second-order valence-corrected chi connectivity index (χ2v) is 7.74. The van der Waals surface area contributed by atoms with Crippen LogP contribution >= 0.6 is 0 Å². The molecule has 0 radical (unpaired) electrons. The highest BCUT2D eigenvalue weighted by Gasteiger charge is 2.34. The van der Waals surface area contributed by atoms with Crippen molar-refractivity contribution < 1.29 is 13.2 Å². The highest BCUT2D eigenvalue weighted by atomic mass is 19.4. The molecule has 0 saturated carbocycles. The summed E-state index contributed by atoms with van der Waals surface area (Å²) in [6.45, 7) is 6.89. The van der Waals surface area contributed by atoms with Crippen molar-refractivity contribution in [1.82, 2.24) is 19.7 Å². The fourth-order valence-electron chi connectivity index (χ4n) is 3.17. The molecule has 1 fully saturated rings. The summed E-state index contributed by atoms with van der Waals surface area (Å²) in [5, 5.41) is 4.46. The van der Waals surface area contributed by atoms with E-state index < -0.39 is 11.9 Å². The van der Waals surface area contributed by atoms with Gasteiger partial charge in [0.1, 0.15) is 17.8 Å². The average Bonchev–Trinajstić information content (AvgIpc) is 3.03. The van der Waals surface area contributed by atoms with Gasteiger partial charge in [0.2, 0.25) is 0 Å². The Bertz CT molecular complexity index is 872. The molecule has 3 rings (SSSR count). The zero-order chi connectivity index (χ0) is 19.8. The molecule has 146 valence electrons. The minimum Gasteiger partial charge on any atom is -0.352 e. The molecule has 0 bridgehead atoms. The molecule has 3 heterocycles. The molecule has 1 unspecified atom stereocenters. The van der Waals surface area contributed by atoms with Gasteiger partial charge in [-0.25, -0.2) is 14.6 Å². The molecule has 6 nitrogen and oxygen atoms in total. The lowest BCUT2D eigenvalue weighted by atomic mass is 9.92. The van der Waals surface area contributed by atoms with Crippen molar-refractivity contribution in [3.05, 3.63) is 46.3 Å². The van der Waals surface area contributed by atoms with Gasteiger partial charge in [0.05, 0.1) is 18.3 Å². The van der Waals surface area contributed by atoms with E-state index in [2.05, 4.69) is 15.1 Å². The Morgan fingerprint density at radius 2 is 1.89 bits per heavy atom. The number of aromatic nitrogens is 4. The quantitative estimate of drug-likeness (QED) is 0.818. The predicted molar refractivity (Wildman–Crippen MR) is 94.6 cm³/mol. The summed E-state index contributed by atoms with van der Waals surface area (Å²) < 4.78 is 40.2. The summed E-state index contributed by atoms with van der Waals surface area (Å²) in [5.41, 5.74) is -0.622. The molecule has 27 heavy (non-hydrogen) atoms. The smallest absolute Gasteiger partial charge is 0.352 e. The van der Waals surface area contributed by atoms with Crippen molar-refractivity contribution in [3.8, 4) is 0 Å². The van der Waals surface area contributed by atoms with E-state index in [1.165, 1.54) is 10.7 Å². The fourth-order valence-corrected chi connectivity index (χ4v) is 3.17. The average molecular weight is 381 g/mol. The maximum atomic E-state index is 12.9. The summed E-state index contributed by atoms with van der Waals surface area (Å²) >= 11 is 0. The molecule has 0 aliphatic carbocycles. The van der Waals surface area contributed by atoms with Gasteiger partial charge in [-0.1, -0.05) is 20.8 Å². The third kappa shape index (κ3) is 4.28. The van der Waals surface area contributed by atoms with E-state index in [4.69, 9.17) is 0 Å². The molecule has 0 amide bonds. The van der Waals surface area contributed by atoms with Crippen LogP contribution in [0.4, 0.5) is 19.0 Å². The zero-order valence-corrected chi connectivity index (χ0v) is 15.5. The van der Waals surface area contributed by atoms with Gasteiger partial charge < -0.3 is 4.90 Å². The predicted octanol–water partition coefficient (Wildman–Crippen LogP) is 3.02. The van der Waals surface area contributed by atoms with Crippen molar-refractivity contribution in [2.75, 3.05) is 11.4 Å². The van der Waals surface area contributed by atoms with E-state index in [1.54, 1.807) is 11.0 Å². The summed E-state index contributed by atoms with van der Waals surface area (Å²) in [6, 6.07) is 4.01. The molecule has 1 atom stereocenters. The van der Waals surface area contributed by atoms with Gasteiger partial charge in [0.25, 0.3) is 5.56 Å². The minimum atomic E-state index is -4.52. The van der Waals surface area contributed by atoms with Crippen LogP contribution in [0.3, 0.4) is 0 Å². The van der Waals surface area contributed by atoms with Crippen LogP contribution in [0.5, 0.6) is 0 Å². The second kappa shape index (κ2) is 6.94. The number of nitrogens with zero attached hydrogens (tertiary/aromatic N) is 5. The van der Waals surface area contributed by atoms with Gasteiger partial charge in [0, 0.05) is 24.1 Å². The van der Waals surface area contributed by atoms with Crippen LogP contribution in [0.2, 0.25) is 0 Å². The first-order chi connectivity index (χ1) is 12.6. The fraction of sp³-hybridized carbons (Fsp3) is 0.556. The van der Waals surface area contributed by atoms with E-state index in [0.29, 0.717) is 13.1 Å². The van der Waals surface area contributed by atoms with Gasteiger partial charge in [-0.15, -0.1) is 0 Å². The highest BCUT2D eigenvalue weighted by molar-refractivity contribution is 5.42. The third-order valence-electron chi connectivity index (χ3n) is 4.63. The molecule has 2 aromatic heterocycles. The standard InChI is InChI=1S/C18H22F3N5O/c1-17(2,3)13-6-7-16(27)26(24-13)10-12-5-4-8-25(12)15-9-14(18(19,20)21)22-11-23-15/h6-7,9,11-12H,4-5,8,10H2,1-3H3. The van der Waals surface area contributed by atoms with Gasteiger partial charge in [0.15, 0.2) is 0 Å². The molecule has 9 heteroatoms. The first kappa shape index (κ1) is 19.3. The largest absolute Gasteiger partial charge is 0.433 e. The Morgan fingerprint density at radius 1 is 1.15 bits per heavy atom. The molecular weight excluding hydrogens is 359 g/mol. The number of anilines is 1. The summed E-state index contributed by atoms with van der Waals surface area (Å²) in [5.74, 6) is 0.222. The Kier molecular flexibility index (Phi) is 4.96. The molecule has 0 spiro atoms. The van der Waals surface area contributed by atoms with Crippen molar-refractivity contribution in [2.45, 2.75) is 57.8 Å². The van der Waals surface area contributed by atoms with E-state index >= 15 is 0 Å².